The Bertz CT molecular complexity index is 360. The van der Waals surface area contributed by atoms with Gasteiger partial charge < -0.3 is 15.0 Å². The largest absolute Gasteiger partial charge is 0.379 e. The molecule has 1 N–H and O–H groups in total. The molecule has 3 fully saturated rings. The molecule has 0 radical (unpaired) electrons. The predicted octanol–water partition coefficient (Wildman–Crippen LogP) is 1.51. The van der Waals surface area contributed by atoms with Gasteiger partial charge in [0.25, 0.3) is 0 Å². The van der Waals surface area contributed by atoms with Crippen LogP contribution in [0.2, 0.25) is 0 Å². The van der Waals surface area contributed by atoms with Crippen molar-refractivity contribution in [1.29, 1.82) is 0 Å². The van der Waals surface area contributed by atoms with Gasteiger partial charge in [-0.1, -0.05) is 13.3 Å². The van der Waals surface area contributed by atoms with E-state index < -0.39 is 0 Å². The first-order valence-corrected chi connectivity index (χ1v) is 8.25. The highest BCUT2D eigenvalue weighted by atomic mass is 16.5. The molecule has 3 rings (SSSR count). The smallest absolute Gasteiger partial charge is 0.229 e. The third-order valence-corrected chi connectivity index (χ3v) is 5.63. The van der Waals surface area contributed by atoms with Gasteiger partial charge in [0.2, 0.25) is 5.91 Å². The minimum atomic E-state index is 0.0125. The lowest BCUT2D eigenvalue weighted by Gasteiger charge is -2.30. The van der Waals surface area contributed by atoms with E-state index in [1.807, 2.05) is 11.9 Å². The number of carbonyl (C=O) groups is 1. The van der Waals surface area contributed by atoms with Crippen molar-refractivity contribution in [2.75, 3.05) is 33.4 Å². The van der Waals surface area contributed by atoms with Gasteiger partial charge >= 0.3 is 0 Å². The standard InChI is InChI=1S/C16H28N2O2/c1-3-17-15-10-20-9-14(15)16(19)18(2)8-13-7-11-4-5-12(13)6-11/h11-15,17H,3-10H2,1-2H3. The molecular formula is C16H28N2O2. The van der Waals surface area contributed by atoms with Gasteiger partial charge in [0.1, 0.15) is 0 Å². The molecule has 2 aliphatic carbocycles. The van der Waals surface area contributed by atoms with E-state index in [0.717, 1.165) is 30.8 Å². The number of hydrogen-bond donors (Lipinski definition) is 1. The first kappa shape index (κ1) is 14.3. The molecule has 0 spiro atoms. The summed E-state index contributed by atoms with van der Waals surface area (Å²) in [6.45, 7) is 5.19. The van der Waals surface area contributed by atoms with Crippen molar-refractivity contribution < 1.29 is 9.53 Å². The third-order valence-electron chi connectivity index (χ3n) is 5.63. The van der Waals surface area contributed by atoms with E-state index in [1.54, 1.807) is 0 Å². The van der Waals surface area contributed by atoms with Crippen molar-refractivity contribution in [3.8, 4) is 0 Å². The zero-order chi connectivity index (χ0) is 14.1. The van der Waals surface area contributed by atoms with Crippen molar-refractivity contribution in [3.05, 3.63) is 0 Å². The Hall–Kier alpha value is -0.610. The van der Waals surface area contributed by atoms with E-state index in [4.69, 9.17) is 4.74 Å². The molecule has 1 heterocycles. The SMILES string of the molecule is CCNC1COCC1C(=O)N(C)CC1CC2CCC1C2. The van der Waals surface area contributed by atoms with Gasteiger partial charge in [-0.05, 0) is 43.6 Å². The van der Waals surface area contributed by atoms with Gasteiger partial charge in [0.05, 0.1) is 19.1 Å². The Morgan fingerprint density at radius 2 is 2.15 bits per heavy atom. The molecule has 0 aromatic carbocycles. The molecule has 5 atom stereocenters. The van der Waals surface area contributed by atoms with Crippen LogP contribution in [0.3, 0.4) is 0 Å². The van der Waals surface area contributed by atoms with Crippen LogP contribution in [-0.2, 0) is 9.53 Å². The molecule has 114 valence electrons. The van der Waals surface area contributed by atoms with Crippen LogP contribution < -0.4 is 5.32 Å². The summed E-state index contributed by atoms with van der Waals surface area (Å²) >= 11 is 0. The minimum absolute atomic E-state index is 0.0125. The summed E-state index contributed by atoms with van der Waals surface area (Å²) in [4.78, 5) is 14.6. The first-order chi connectivity index (χ1) is 9.69. The zero-order valence-electron chi connectivity index (χ0n) is 12.8. The molecule has 0 aromatic rings. The number of amides is 1. The molecule has 20 heavy (non-hydrogen) atoms. The maximum absolute atomic E-state index is 12.6. The molecule has 2 bridgehead atoms. The fourth-order valence-corrected chi connectivity index (χ4v) is 4.59. The highest BCUT2D eigenvalue weighted by molar-refractivity contribution is 5.79. The van der Waals surface area contributed by atoms with E-state index in [-0.39, 0.29) is 17.9 Å². The van der Waals surface area contributed by atoms with Crippen LogP contribution in [0.25, 0.3) is 0 Å². The Balaban J connectivity index is 1.54. The van der Waals surface area contributed by atoms with Crippen LogP contribution in [0.1, 0.15) is 32.6 Å². The monoisotopic (exact) mass is 280 g/mol. The normalized spacial score (nSPS) is 39.4. The average Bonchev–Trinajstić information content (AvgIpc) is 3.14. The summed E-state index contributed by atoms with van der Waals surface area (Å²) < 4.78 is 5.50. The van der Waals surface area contributed by atoms with Gasteiger partial charge in [-0.15, -0.1) is 0 Å². The molecule has 3 aliphatic rings. The highest BCUT2D eigenvalue weighted by Crippen LogP contribution is 2.48. The lowest BCUT2D eigenvalue weighted by molar-refractivity contribution is -0.135. The summed E-state index contributed by atoms with van der Waals surface area (Å²) in [6.07, 6.45) is 5.58. The van der Waals surface area contributed by atoms with Crippen molar-refractivity contribution in [3.63, 3.8) is 0 Å². The molecule has 1 amide bonds. The Labute approximate surface area is 122 Å². The van der Waals surface area contributed by atoms with E-state index in [0.29, 0.717) is 13.2 Å². The van der Waals surface area contributed by atoms with Crippen LogP contribution in [0.15, 0.2) is 0 Å². The number of ether oxygens (including phenoxy) is 1. The zero-order valence-corrected chi connectivity index (χ0v) is 12.8. The quantitative estimate of drug-likeness (QED) is 0.830. The Morgan fingerprint density at radius 3 is 2.80 bits per heavy atom. The number of nitrogens with zero attached hydrogens (tertiary/aromatic N) is 1. The fourth-order valence-electron chi connectivity index (χ4n) is 4.59. The second-order valence-corrected chi connectivity index (χ2v) is 6.96. The minimum Gasteiger partial charge on any atom is -0.379 e. The van der Waals surface area contributed by atoms with Crippen molar-refractivity contribution >= 4 is 5.91 Å². The van der Waals surface area contributed by atoms with Gasteiger partial charge in [-0.25, -0.2) is 0 Å². The molecule has 4 nitrogen and oxygen atoms in total. The molecule has 4 heteroatoms. The van der Waals surface area contributed by atoms with E-state index in [2.05, 4.69) is 12.2 Å². The molecule has 1 saturated heterocycles. The maximum atomic E-state index is 12.6. The van der Waals surface area contributed by atoms with Crippen molar-refractivity contribution in [2.24, 2.45) is 23.7 Å². The lowest BCUT2D eigenvalue weighted by atomic mass is 9.88. The molecule has 0 aromatic heterocycles. The van der Waals surface area contributed by atoms with Gasteiger partial charge in [0.15, 0.2) is 0 Å². The first-order valence-electron chi connectivity index (χ1n) is 8.25. The topological polar surface area (TPSA) is 41.6 Å². The highest BCUT2D eigenvalue weighted by Gasteiger charge is 2.41. The molecular weight excluding hydrogens is 252 g/mol. The Kier molecular flexibility index (Phi) is 4.32. The van der Waals surface area contributed by atoms with Crippen molar-refractivity contribution in [1.82, 2.24) is 10.2 Å². The number of carbonyl (C=O) groups excluding carboxylic acids is 1. The maximum Gasteiger partial charge on any atom is 0.229 e. The van der Waals surface area contributed by atoms with E-state index >= 15 is 0 Å². The van der Waals surface area contributed by atoms with Crippen LogP contribution in [0.4, 0.5) is 0 Å². The number of nitrogens with one attached hydrogen (secondary N) is 1. The van der Waals surface area contributed by atoms with Gasteiger partial charge in [0, 0.05) is 19.6 Å². The van der Waals surface area contributed by atoms with Crippen LogP contribution in [0, 0.1) is 23.7 Å². The predicted molar refractivity (Wildman–Crippen MR) is 78.3 cm³/mol. The summed E-state index contributed by atoms with van der Waals surface area (Å²) in [5, 5.41) is 3.38. The molecule has 2 saturated carbocycles. The van der Waals surface area contributed by atoms with Crippen LogP contribution >= 0.6 is 0 Å². The van der Waals surface area contributed by atoms with Crippen molar-refractivity contribution in [2.45, 2.75) is 38.6 Å². The second kappa shape index (κ2) is 6.02. The summed E-state index contributed by atoms with van der Waals surface area (Å²) in [6, 6.07) is 0.204. The van der Waals surface area contributed by atoms with E-state index in [1.165, 1.54) is 25.7 Å². The Morgan fingerprint density at radius 1 is 1.30 bits per heavy atom. The van der Waals surface area contributed by atoms with E-state index in [9.17, 15) is 4.79 Å². The van der Waals surface area contributed by atoms with Gasteiger partial charge in [-0.2, -0.15) is 0 Å². The number of rotatable bonds is 5. The number of hydrogen-bond acceptors (Lipinski definition) is 3. The third kappa shape index (κ3) is 2.73. The molecule has 1 aliphatic heterocycles. The molecule has 5 unspecified atom stereocenters. The average molecular weight is 280 g/mol. The number of likely N-dealkylation sites (N-methyl/N-ethyl adjacent to an activating group) is 1. The summed E-state index contributed by atoms with van der Waals surface area (Å²) in [5.74, 6) is 2.88. The van der Waals surface area contributed by atoms with Crippen LogP contribution in [0.5, 0.6) is 0 Å². The lowest BCUT2D eigenvalue weighted by Crippen LogP contribution is -2.46. The van der Waals surface area contributed by atoms with Crippen LogP contribution in [-0.4, -0.2) is 50.2 Å². The summed E-state index contributed by atoms with van der Waals surface area (Å²) in [7, 11) is 1.98. The van der Waals surface area contributed by atoms with Gasteiger partial charge in [-0.3, -0.25) is 4.79 Å². The number of fused-ring (bicyclic) bond motifs is 2. The summed E-state index contributed by atoms with van der Waals surface area (Å²) in [5.41, 5.74) is 0. The second-order valence-electron chi connectivity index (χ2n) is 6.96. The fraction of sp³-hybridized carbons (Fsp3) is 0.938.